The lowest BCUT2D eigenvalue weighted by Gasteiger charge is -2.14. The van der Waals surface area contributed by atoms with Crippen LogP contribution >= 0.6 is 34.7 Å². The van der Waals surface area contributed by atoms with Crippen LogP contribution in [0.25, 0.3) is 15.8 Å². The Hall–Kier alpha value is -1.75. The summed E-state index contributed by atoms with van der Waals surface area (Å²) in [6.07, 6.45) is 4.72. The van der Waals surface area contributed by atoms with Crippen molar-refractivity contribution in [1.29, 1.82) is 0 Å². The number of thioether (sulfide) groups is 1. The van der Waals surface area contributed by atoms with E-state index in [1.54, 1.807) is 0 Å². The number of halogens is 1. The van der Waals surface area contributed by atoms with Crippen molar-refractivity contribution in [2.75, 3.05) is 11.4 Å². The molecule has 0 unspecified atom stereocenters. The molecule has 2 nitrogen and oxygen atoms in total. The van der Waals surface area contributed by atoms with Crippen molar-refractivity contribution in [2.24, 2.45) is 0 Å². The third-order valence-corrected chi connectivity index (χ3v) is 8.35. The molecule has 0 bridgehead atoms. The minimum Gasteiger partial charge on any atom is -0.334 e. The third-order valence-electron chi connectivity index (χ3n) is 5.63. The number of benzene rings is 2. The fraction of sp³-hybridized carbons (Fsp3) is 0.227. The van der Waals surface area contributed by atoms with Gasteiger partial charge in [0.2, 0.25) is 5.52 Å². The van der Waals surface area contributed by atoms with E-state index in [0.29, 0.717) is 0 Å². The van der Waals surface area contributed by atoms with Crippen LogP contribution in [0.1, 0.15) is 23.4 Å². The third kappa shape index (κ3) is 2.43. The maximum atomic E-state index is 6.23. The summed E-state index contributed by atoms with van der Waals surface area (Å²) in [5.41, 5.74) is 6.97. The van der Waals surface area contributed by atoms with Gasteiger partial charge in [-0.3, -0.25) is 0 Å². The molecule has 3 aromatic rings. The second-order valence-electron chi connectivity index (χ2n) is 7.40. The van der Waals surface area contributed by atoms with Crippen LogP contribution in [0.4, 0.5) is 5.69 Å². The number of fused-ring (bicyclic) bond motifs is 6. The summed E-state index contributed by atoms with van der Waals surface area (Å²) >= 11 is 10.1. The first-order chi connectivity index (χ1) is 13.2. The van der Waals surface area contributed by atoms with Crippen molar-refractivity contribution in [3.63, 3.8) is 0 Å². The van der Waals surface area contributed by atoms with Crippen molar-refractivity contribution >= 4 is 56.2 Å². The molecule has 0 amide bonds. The van der Waals surface area contributed by atoms with Crippen molar-refractivity contribution in [3.05, 3.63) is 68.7 Å². The lowest BCUT2D eigenvalue weighted by molar-refractivity contribution is -0.659. The maximum absolute atomic E-state index is 6.23. The Bertz CT molecular complexity index is 1190. The first-order valence-electron chi connectivity index (χ1n) is 9.29. The van der Waals surface area contributed by atoms with Gasteiger partial charge in [0.15, 0.2) is 6.54 Å². The highest BCUT2D eigenvalue weighted by Crippen LogP contribution is 2.51. The molecule has 0 spiro atoms. The number of hydrogen-bond donors (Lipinski definition) is 0. The van der Waals surface area contributed by atoms with E-state index in [0.717, 1.165) is 31.0 Å². The molecule has 3 aliphatic rings. The lowest BCUT2D eigenvalue weighted by atomic mass is 10.1. The van der Waals surface area contributed by atoms with Crippen LogP contribution in [0.15, 0.2) is 58.0 Å². The number of nitrogens with zero attached hydrogens (tertiary/aromatic N) is 2. The highest BCUT2D eigenvalue weighted by Gasteiger charge is 2.34. The fourth-order valence-electron chi connectivity index (χ4n) is 4.33. The first-order valence-corrected chi connectivity index (χ1v) is 11.3. The van der Waals surface area contributed by atoms with Crippen LogP contribution in [-0.2, 0) is 6.54 Å². The van der Waals surface area contributed by atoms with Gasteiger partial charge in [0.25, 0.3) is 5.01 Å². The molecule has 27 heavy (non-hydrogen) atoms. The molecule has 0 saturated heterocycles. The van der Waals surface area contributed by atoms with Crippen LogP contribution in [0.3, 0.4) is 0 Å². The van der Waals surface area contributed by atoms with Gasteiger partial charge < -0.3 is 4.90 Å². The van der Waals surface area contributed by atoms with Gasteiger partial charge in [-0.25, -0.2) is 0 Å². The Morgan fingerprint density at radius 2 is 2.07 bits per heavy atom. The van der Waals surface area contributed by atoms with Gasteiger partial charge in [0.1, 0.15) is 4.70 Å². The number of allylic oxidation sites excluding steroid dienone is 2. The van der Waals surface area contributed by atoms with Gasteiger partial charge >= 0.3 is 0 Å². The van der Waals surface area contributed by atoms with Gasteiger partial charge in [0, 0.05) is 34.5 Å². The minimum atomic E-state index is 0.819. The normalized spacial score (nSPS) is 19.3. The number of thiazole rings is 1. The molecule has 0 radical (unpaired) electrons. The summed E-state index contributed by atoms with van der Waals surface area (Å²) < 4.78 is 3.76. The van der Waals surface area contributed by atoms with E-state index in [1.807, 2.05) is 29.2 Å². The Morgan fingerprint density at radius 3 is 3.00 bits per heavy atom. The van der Waals surface area contributed by atoms with Crippen molar-refractivity contribution < 1.29 is 4.57 Å². The molecule has 6 rings (SSSR count). The van der Waals surface area contributed by atoms with Gasteiger partial charge in [-0.2, -0.15) is 4.57 Å². The first kappa shape index (κ1) is 16.2. The Labute approximate surface area is 171 Å². The molecule has 134 valence electrons. The summed E-state index contributed by atoms with van der Waals surface area (Å²) in [6.45, 7) is 4.33. The zero-order valence-corrected chi connectivity index (χ0v) is 17.3. The number of hydrogen-bond acceptors (Lipinski definition) is 3. The molecule has 0 fully saturated rings. The van der Waals surface area contributed by atoms with E-state index in [1.165, 1.54) is 47.5 Å². The zero-order valence-electron chi connectivity index (χ0n) is 15.0. The number of rotatable bonds is 1. The van der Waals surface area contributed by atoms with Crippen molar-refractivity contribution in [2.45, 2.75) is 31.2 Å². The second-order valence-corrected chi connectivity index (χ2v) is 9.89. The molecule has 0 N–H and O–H groups in total. The van der Waals surface area contributed by atoms with Gasteiger partial charge in [0.05, 0.1) is 10.7 Å². The van der Waals surface area contributed by atoms with E-state index in [2.05, 4.69) is 52.8 Å². The molecule has 4 heterocycles. The summed E-state index contributed by atoms with van der Waals surface area (Å²) in [5, 5.41) is 3.65. The van der Waals surface area contributed by atoms with E-state index in [4.69, 9.17) is 11.6 Å². The van der Waals surface area contributed by atoms with Crippen molar-refractivity contribution in [1.82, 2.24) is 0 Å². The quantitative estimate of drug-likeness (QED) is 0.444. The highest BCUT2D eigenvalue weighted by molar-refractivity contribution is 8.03. The SMILES string of the molecule is Cc1ccc2c(c1)N1CCC(C=C3CC[n+]4c3sc3ccc(Cl)cc34)=C1S2. The maximum Gasteiger partial charge on any atom is 0.266 e. The van der Waals surface area contributed by atoms with Crippen LogP contribution < -0.4 is 9.47 Å². The van der Waals surface area contributed by atoms with Crippen LogP contribution in [-0.4, -0.2) is 6.54 Å². The largest absolute Gasteiger partial charge is 0.334 e. The molecule has 0 aliphatic carbocycles. The summed E-state index contributed by atoms with van der Waals surface area (Å²) in [4.78, 5) is 3.90. The van der Waals surface area contributed by atoms with E-state index in [-0.39, 0.29) is 0 Å². The molecular formula is C22H18ClN2S2+. The Kier molecular flexibility index (Phi) is 3.53. The standard InChI is InChI=1S/C22H18ClN2S2/c1-13-2-4-19-17(10-13)24-8-6-14(21(24)26-19)11-15-7-9-25-18-12-16(23)3-5-20(18)27-22(15)25/h2-5,10-12H,6-9H2,1H3/q+1. The molecule has 1 aromatic heterocycles. The zero-order chi connectivity index (χ0) is 18.1. The molecular weight excluding hydrogens is 392 g/mol. The molecule has 3 aliphatic heterocycles. The van der Waals surface area contributed by atoms with E-state index >= 15 is 0 Å². The molecule has 0 saturated carbocycles. The summed E-state index contributed by atoms with van der Waals surface area (Å²) in [7, 11) is 0. The molecule has 0 atom stereocenters. The lowest BCUT2D eigenvalue weighted by Crippen LogP contribution is -2.30. The molecule has 5 heteroatoms. The van der Waals surface area contributed by atoms with Crippen molar-refractivity contribution in [3.8, 4) is 0 Å². The van der Waals surface area contributed by atoms with Gasteiger partial charge in [-0.1, -0.05) is 40.8 Å². The predicted octanol–water partition coefficient (Wildman–Crippen LogP) is 6.17. The monoisotopic (exact) mass is 409 g/mol. The smallest absolute Gasteiger partial charge is 0.266 e. The predicted molar refractivity (Wildman–Crippen MR) is 116 cm³/mol. The van der Waals surface area contributed by atoms with E-state index < -0.39 is 0 Å². The average molecular weight is 410 g/mol. The van der Waals surface area contributed by atoms with Crippen LogP contribution in [0.2, 0.25) is 5.02 Å². The van der Waals surface area contributed by atoms with E-state index in [9.17, 15) is 0 Å². The topological polar surface area (TPSA) is 7.12 Å². The van der Waals surface area contributed by atoms with Gasteiger partial charge in [-0.15, -0.1) is 0 Å². The van der Waals surface area contributed by atoms with Crippen LogP contribution in [0.5, 0.6) is 0 Å². The summed E-state index contributed by atoms with van der Waals surface area (Å²) in [5.74, 6) is 0. The average Bonchev–Trinajstić information content (AvgIpc) is 3.38. The number of aryl methyl sites for hydroxylation is 2. The van der Waals surface area contributed by atoms with Gasteiger partial charge in [-0.05, 0) is 54.8 Å². The Balaban J connectivity index is 1.43. The Morgan fingerprint density at radius 1 is 1.15 bits per heavy atom. The fourth-order valence-corrected chi connectivity index (χ4v) is 6.91. The molecule has 2 aromatic carbocycles. The summed E-state index contributed by atoms with van der Waals surface area (Å²) in [6, 6.07) is 13.1. The van der Waals surface area contributed by atoms with Crippen LogP contribution in [0, 0.1) is 6.92 Å². The highest BCUT2D eigenvalue weighted by atomic mass is 35.5. The number of aromatic nitrogens is 1. The minimum absolute atomic E-state index is 0.819. The number of anilines is 1. The second kappa shape index (κ2) is 5.87.